The second kappa shape index (κ2) is 6.42. The molecule has 0 aliphatic carbocycles. The molecule has 1 atom stereocenters. The van der Waals surface area contributed by atoms with Crippen LogP contribution in [0.1, 0.15) is 40.7 Å². The van der Waals surface area contributed by atoms with Crippen molar-refractivity contribution in [3.63, 3.8) is 0 Å². The van der Waals surface area contributed by atoms with Crippen molar-refractivity contribution in [1.29, 1.82) is 0 Å². The molecule has 1 amide bonds. The molecular weight excluding hydrogens is 262 g/mol. The molecule has 7 heteroatoms. The van der Waals surface area contributed by atoms with Crippen molar-refractivity contribution in [3.8, 4) is 0 Å². The number of amides is 1. The van der Waals surface area contributed by atoms with Gasteiger partial charge in [-0.05, 0) is 6.42 Å². The maximum Gasteiger partial charge on any atom is 0.356 e. The fourth-order valence-electron chi connectivity index (χ4n) is 2.11. The van der Waals surface area contributed by atoms with Gasteiger partial charge in [-0.1, -0.05) is 13.3 Å². The number of aromatic carboxylic acids is 1. The Hall–Kier alpha value is -2.02. The first-order chi connectivity index (χ1) is 9.61. The number of rotatable bonds is 4. The van der Waals surface area contributed by atoms with Crippen LogP contribution in [0.5, 0.6) is 0 Å². The van der Waals surface area contributed by atoms with E-state index in [1.54, 1.807) is 4.90 Å². The molecular formula is C13H17N3O4. The lowest BCUT2D eigenvalue weighted by molar-refractivity contribution is -0.0252. The number of hydrogen-bond acceptors (Lipinski definition) is 5. The number of aromatic nitrogens is 2. The molecule has 0 bridgehead atoms. The topological polar surface area (TPSA) is 92.6 Å². The zero-order valence-corrected chi connectivity index (χ0v) is 11.3. The average molecular weight is 279 g/mol. The molecule has 0 radical (unpaired) electrons. The van der Waals surface area contributed by atoms with Crippen LogP contribution in [0.3, 0.4) is 0 Å². The third kappa shape index (κ3) is 3.30. The molecule has 108 valence electrons. The standard InChI is InChI=1S/C13H17N3O4/c1-2-3-9-8-16(4-5-20-9)12(17)10-6-15-11(7-14-10)13(18)19/h6-7,9H,2-5,8H2,1H3,(H,18,19). The first-order valence-corrected chi connectivity index (χ1v) is 6.58. The van der Waals surface area contributed by atoms with Gasteiger partial charge < -0.3 is 14.7 Å². The van der Waals surface area contributed by atoms with E-state index in [0.717, 1.165) is 19.0 Å². The summed E-state index contributed by atoms with van der Waals surface area (Å²) < 4.78 is 5.58. The maximum atomic E-state index is 12.3. The third-order valence-corrected chi connectivity index (χ3v) is 3.13. The van der Waals surface area contributed by atoms with Crippen LogP contribution >= 0.6 is 0 Å². The van der Waals surface area contributed by atoms with Crippen molar-refractivity contribution in [3.05, 3.63) is 23.8 Å². The Morgan fingerprint density at radius 3 is 2.70 bits per heavy atom. The second-order valence-corrected chi connectivity index (χ2v) is 4.62. The Labute approximate surface area is 116 Å². The van der Waals surface area contributed by atoms with E-state index in [1.165, 1.54) is 6.20 Å². The normalized spacial score (nSPS) is 18.9. The Bertz CT molecular complexity index is 487. The van der Waals surface area contributed by atoms with E-state index in [-0.39, 0.29) is 23.4 Å². The van der Waals surface area contributed by atoms with Gasteiger partial charge in [0.2, 0.25) is 0 Å². The summed E-state index contributed by atoms with van der Waals surface area (Å²) in [5.41, 5.74) is -0.0143. The summed E-state index contributed by atoms with van der Waals surface area (Å²) in [4.78, 5) is 32.2. The van der Waals surface area contributed by atoms with E-state index in [0.29, 0.717) is 19.7 Å². The molecule has 2 rings (SSSR count). The predicted octanol–water partition coefficient (Wildman–Crippen LogP) is 0.816. The average Bonchev–Trinajstić information content (AvgIpc) is 2.47. The minimum absolute atomic E-state index is 0.0592. The molecule has 1 aromatic heterocycles. The number of ether oxygens (including phenoxy) is 1. The lowest BCUT2D eigenvalue weighted by Gasteiger charge is -2.32. The molecule has 0 saturated carbocycles. The van der Waals surface area contributed by atoms with E-state index in [9.17, 15) is 9.59 Å². The molecule has 0 spiro atoms. The van der Waals surface area contributed by atoms with Gasteiger partial charge in [0.25, 0.3) is 5.91 Å². The maximum absolute atomic E-state index is 12.3. The highest BCUT2D eigenvalue weighted by molar-refractivity contribution is 5.92. The summed E-state index contributed by atoms with van der Waals surface area (Å²) in [6, 6.07) is 0. The number of hydrogen-bond donors (Lipinski definition) is 1. The molecule has 2 heterocycles. The van der Waals surface area contributed by atoms with Crippen molar-refractivity contribution in [2.24, 2.45) is 0 Å². The van der Waals surface area contributed by atoms with Crippen LogP contribution in [-0.4, -0.2) is 57.7 Å². The number of carbonyl (C=O) groups excluding carboxylic acids is 1. The Kier molecular flexibility index (Phi) is 4.62. The van der Waals surface area contributed by atoms with Gasteiger partial charge in [-0.25, -0.2) is 14.8 Å². The summed E-state index contributed by atoms with van der Waals surface area (Å²) in [7, 11) is 0. The predicted molar refractivity (Wildman–Crippen MR) is 69.5 cm³/mol. The molecule has 1 N–H and O–H groups in total. The van der Waals surface area contributed by atoms with E-state index in [2.05, 4.69) is 16.9 Å². The highest BCUT2D eigenvalue weighted by Gasteiger charge is 2.25. The van der Waals surface area contributed by atoms with Crippen LogP contribution in [0.25, 0.3) is 0 Å². The zero-order chi connectivity index (χ0) is 14.5. The number of carboxylic acid groups (broad SMARTS) is 1. The fourth-order valence-corrected chi connectivity index (χ4v) is 2.11. The summed E-state index contributed by atoms with van der Waals surface area (Å²) >= 11 is 0. The summed E-state index contributed by atoms with van der Waals surface area (Å²) in [6.45, 7) is 3.63. The first-order valence-electron chi connectivity index (χ1n) is 6.58. The summed E-state index contributed by atoms with van der Waals surface area (Å²) in [6.07, 6.45) is 4.27. The zero-order valence-electron chi connectivity index (χ0n) is 11.3. The van der Waals surface area contributed by atoms with Crippen LogP contribution in [0, 0.1) is 0 Å². The quantitative estimate of drug-likeness (QED) is 0.877. The fraction of sp³-hybridized carbons (Fsp3) is 0.538. The largest absolute Gasteiger partial charge is 0.476 e. The summed E-state index contributed by atoms with van der Waals surface area (Å²) in [5.74, 6) is -1.40. The Morgan fingerprint density at radius 2 is 2.10 bits per heavy atom. The van der Waals surface area contributed by atoms with Crippen LogP contribution in [0.4, 0.5) is 0 Å². The molecule has 0 aromatic carbocycles. The second-order valence-electron chi connectivity index (χ2n) is 4.62. The lowest BCUT2D eigenvalue weighted by atomic mass is 10.1. The Morgan fingerprint density at radius 1 is 1.40 bits per heavy atom. The van der Waals surface area contributed by atoms with Crippen LogP contribution in [0.15, 0.2) is 12.4 Å². The highest BCUT2D eigenvalue weighted by Crippen LogP contribution is 2.12. The van der Waals surface area contributed by atoms with Gasteiger partial charge in [-0.2, -0.15) is 0 Å². The highest BCUT2D eigenvalue weighted by atomic mass is 16.5. The lowest BCUT2D eigenvalue weighted by Crippen LogP contribution is -2.45. The van der Waals surface area contributed by atoms with E-state index in [4.69, 9.17) is 9.84 Å². The molecule has 20 heavy (non-hydrogen) atoms. The van der Waals surface area contributed by atoms with Crippen molar-refractivity contribution >= 4 is 11.9 Å². The number of morpholine rings is 1. The van der Waals surface area contributed by atoms with Crippen molar-refractivity contribution in [2.75, 3.05) is 19.7 Å². The SMILES string of the molecule is CCCC1CN(C(=O)c2cnc(C(=O)O)cn2)CCO1. The summed E-state index contributed by atoms with van der Waals surface area (Å²) in [5, 5.41) is 8.74. The minimum atomic E-state index is -1.16. The smallest absolute Gasteiger partial charge is 0.356 e. The van der Waals surface area contributed by atoms with Gasteiger partial charge in [-0.15, -0.1) is 0 Å². The van der Waals surface area contributed by atoms with Gasteiger partial charge in [0.05, 0.1) is 25.1 Å². The van der Waals surface area contributed by atoms with E-state index >= 15 is 0 Å². The monoisotopic (exact) mass is 279 g/mol. The number of carbonyl (C=O) groups is 2. The first kappa shape index (κ1) is 14.4. The van der Waals surface area contributed by atoms with Crippen molar-refractivity contribution < 1.29 is 19.4 Å². The number of nitrogens with zero attached hydrogens (tertiary/aromatic N) is 3. The molecule has 7 nitrogen and oxygen atoms in total. The molecule has 1 aliphatic heterocycles. The molecule has 1 aromatic rings. The van der Waals surface area contributed by atoms with E-state index in [1.807, 2.05) is 0 Å². The molecule has 1 unspecified atom stereocenters. The van der Waals surface area contributed by atoms with Gasteiger partial charge >= 0.3 is 5.97 Å². The van der Waals surface area contributed by atoms with Crippen LogP contribution in [-0.2, 0) is 4.74 Å². The van der Waals surface area contributed by atoms with Crippen LogP contribution < -0.4 is 0 Å². The van der Waals surface area contributed by atoms with Gasteiger partial charge in [-0.3, -0.25) is 4.79 Å². The molecule has 1 saturated heterocycles. The van der Waals surface area contributed by atoms with Gasteiger partial charge in [0, 0.05) is 13.1 Å². The van der Waals surface area contributed by atoms with Gasteiger partial charge in [0.15, 0.2) is 5.69 Å². The third-order valence-electron chi connectivity index (χ3n) is 3.13. The van der Waals surface area contributed by atoms with Crippen molar-refractivity contribution in [1.82, 2.24) is 14.9 Å². The van der Waals surface area contributed by atoms with Crippen LogP contribution in [0.2, 0.25) is 0 Å². The molecule has 1 aliphatic rings. The minimum Gasteiger partial charge on any atom is -0.476 e. The van der Waals surface area contributed by atoms with Crippen molar-refractivity contribution in [2.45, 2.75) is 25.9 Å². The molecule has 1 fully saturated rings. The Balaban J connectivity index is 2.04. The van der Waals surface area contributed by atoms with Gasteiger partial charge in [0.1, 0.15) is 5.69 Å². The number of carboxylic acids is 1. The van der Waals surface area contributed by atoms with E-state index < -0.39 is 5.97 Å².